The number of rotatable bonds is 3. The highest BCUT2D eigenvalue weighted by molar-refractivity contribution is 6.29. The maximum absolute atomic E-state index is 10.5. The van der Waals surface area contributed by atoms with Gasteiger partial charge >= 0.3 is 5.97 Å². The molecule has 3 heteroatoms. The van der Waals surface area contributed by atoms with Crippen LogP contribution in [0.15, 0.2) is 18.2 Å². The van der Waals surface area contributed by atoms with Crippen molar-refractivity contribution in [2.45, 2.75) is 25.6 Å². The average molecular weight is 213 g/mol. The van der Waals surface area contributed by atoms with Crippen LogP contribution in [0.2, 0.25) is 0 Å². The number of aliphatic carboxylic acids is 1. The van der Waals surface area contributed by atoms with Crippen LogP contribution in [0.5, 0.6) is 0 Å². The maximum atomic E-state index is 10.5. The first-order valence-corrected chi connectivity index (χ1v) is 4.87. The largest absolute Gasteiger partial charge is 0.480 e. The number of carboxylic acid groups (broad SMARTS) is 1. The van der Waals surface area contributed by atoms with Gasteiger partial charge in [-0.25, -0.2) is 0 Å². The number of hydrogen-bond acceptors (Lipinski definition) is 1. The number of carboxylic acids is 1. The summed E-state index contributed by atoms with van der Waals surface area (Å²) in [4.78, 5) is 10.5. The van der Waals surface area contributed by atoms with Crippen molar-refractivity contribution in [1.82, 2.24) is 0 Å². The standard InChI is InChI=1S/C11H13ClO2/c1-7-3-4-9(5-8(7)2)6-10(12)11(13)14/h3-5,10H,6H2,1-2H3,(H,13,14). The summed E-state index contributed by atoms with van der Waals surface area (Å²) in [6.07, 6.45) is 0.373. The zero-order valence-corrected chi connectivity index (χ0v) is 9.01. The first kappa shape index (κ1) is 11.1. The molecule has 2 nitrogen and oxygen atoms in total. The van der Waals surface area contributed by atoms with E-state index in [1.165, 1.54) is 5.56 Å². The van der Waals surface area contributed by atoms with Crippen LogP contribution in [0.1, 0.15) is 16.7 Å². The summed E-state index contributed by atoms with van der Waals surface area (Å²) in [6, 6.07) is 5.88. The van der Waals surface area contributed by atoms with E-state index in [1.54, 1.807) is 0 Å². The van der Waals surface area contributed by atoms with Gasteiger partial charge in [0.1, 0.15) is 5.38 Å². The van der Waals surface area contributed by atoms with E-state index < -0.39 is 11.3 Å². The van der Waals surface area contributed by atoms with Crippen molar-refractivity contribution in [2.24, 2.45) is 0 Å². The fourth-order valence-corrected chi connectivity index (χ4v) is 1.40. The smallest absolute Gasteiger partial charge is 0.321 e. The first-order chi connectivity index (χ1) is 6.50. The second-order valence-electron chi connectivity index (χ2n) is 3.43. The molecule has 0 fully saturated rings. The molecule has 1 N–H and O–H groups in total. The van der Waals surface area contributed by atoms with Crippen LogP contribution in [0, 0.1) is 13.8 Å². The van der Waals surface area contributed by atoms with Crippen LogP contribution in [0.25, 0.3) is 0 Å². The minimum atomic E-state index is -0.968. The number of hydrogen-bond donors (Lipinski definition) is 1. The van der Waals surface area contributed by atoms with Crippen molar-refractivity contribution >= 4 is 17.6 Å². The van der Waals surface area contributed by atoms with Gasteiger partial charge in [-0.3, -0.25) is 4.79 Å². The normalized spacial score (nSPS) is 12.5. The molecule has 0 aliphatic heterocycles. The van der Waals surface area contributed by atoms with Crippen LogP contribution in [-0.2, 0) is 11.2 Å². The summed E-state index contributed by atoms with van der Waals surface area (Å²) < 4.78 is 0. The third-order valence-corrected chi connectivity index (χ3v) is 2.60. The zero-order chi connectivity index (χ0) is 10.7. The van der Waals surface area contributed by atoms with Crippen molar-refractivity contribution in [3.05, 3.63) is 34.9 Å². The molecule has 1 rings (SSSR count). The SMILES string of the molecule is Cc1ccc(CC(Cl)C(=O)O)cc1C. The number of aryl methyl sites for hydroxylation is 2. The highest BCUT2D eigenvalue weighted by atomic mass is 35.5. The van der Waals surface area contributed by atoms with Gasteiger partial charge in [-0.2, -0.15) is 0 Å². The lowest BCUT2D eigenvalue weighted by Gasteiger charge is -2.06. The number of benzene rings is 1. The van der Waals surface area contributed by atoms with Gasteiger partial charge in [-0.05, 0) is 37.0 Å². The highest BCUT2D eigenvalue weighted by Gasteiger charge is 2.13. The molecule has 0 saturated heterocycles. The van der Waals surface area contributed by atoms with E-state index in [4.69, 9.17) is 16.7 Å². The summed E-state index contributed by atoms with van der Waals surface area (Å²) in [5.41, 5.74) is 3.34. The lowest BCUT2D eigenvalue weighted by atomic mass is 10.0. The predicted molar refractivity (Wildman–Crippen MR) is 56.9 cm³/mol. The Morgan fingerprint density at radius 3 is 2.57 bits per heavy atom. The quantitative estimate of drug-likeness (QED) is 0.782. The van der Waals surface area contributed by atoms with Crippen LogP contribution in [0.3, 0.4) is 0 Å². The van der Waals surface area contributed by atoms with E-state index in [2.05, 4.69) is 0 Å². The molecule has 14 heavy (non-hydrogen) atoms. The molecule has 0 bridgehead atoms. The van der Waals surface area contributed by atoms with Gasteiger partial charge in [0.25, 0.3) is 0 Å². The Balaban J connectivity index is 2.78. The topological polar surface area (TPSA) is 37.3 Å². The molecule has 0 aliphatic rings. The molecule has 1 aromatic carbocycles. The van der Waals surface area contributed by atoms with Crippen LogP contribution in [-0.4, -0.2) is 16.5 Å². The minimum Gasteiger partial charge on any atom is -0.480 e. The maximum Gasteiger partial charge on any atom is 0.321 e. The molecule has 0 radical (unpaired) electrons. The molecule has 0 heterocycles. The molecule has 0 spiro atoms. The second-order valence-corrected chi connectivity index (χ2v) is 3.96. The summed E-state index contributed by atoms with van der Waals surface area (Å²) in [5.74, 6) is -0.968. The summed E-state index contributed by atoms with van der Waals surface area (Å²) in [6.45, 7) is 4.03. The van der Waals surface area contributed by atoms with Crippen molar-refractivity contribution in [3.63, 3.8) is 0 Å². The molecule has 0 aliphatic carbocycles. The Kier molecular flexibility index (Phi) is 3.53. The van der Waals surface area contributed by atoms with Crippen LogP contribution in [0.4, 0.5) is 0 Å². The van der Waals surface area contributed by atoms with Gasteiger partial charge in [0.15, 0.2) is 0 Å². The molecule has 0 saturated carbocycles. The predicted octanol–water partition coefficient (Wildman–Crippen LogP) is 2.54. The van der Waals surface area contributed by atoms with E-state index in [0.29, 0.717) is 6.42 Å². The molecule has 1 aromatic rings. The van der Waals surface area contributed by atoms with Gasteiger partial charge in [-0.15, -0.1) is 11.6 Å². The first-order valence-electron chi connectivity index (χ1n) is 4.43. The highest BCUT2D eigenvalue weighted by Crippen LogP contribution is 2.13. The molecule has 1 unspecified atom stereocenters. The van der Waals surface area contributed by atoms with E-state index in [1.807, 2.05) is 32.0 Å². The molecule has 76 valence electrons. The fourth-order valence-electron chi connectivity index (χ4n) is 1.22. The van der Waals surface area contributed by atoms with Gasteiger partial charge in [0.05, 0.1) is 0 Å². The Bertz CT molecular complexity index is 347. The molecule has 1 atom stereocenters. The number of halogens is 1. The van der Waals surface area contributed by atoms with Crippen LogP contribution < -0.4 is 0 Å². The Hall–Kier alpha value is -1.02. The summed E-state index contributed by atoms with van der Waals surface area (Å²) in [5, 5.41) is 7.80. The average Bonchev–Trinajstić information content (AvgIpc) is 2.11. The molecule has 0 aromatic heterocycles. The third-order valence-electron chi connectivity index (χ3n) is 2.25. The van der Waals surface area contributed by atoms with Crippen molar-refractivity contribution in [1.29, 1.82) is 0 Å². The summed E-state index contributed by atoms with van der Waals surface area (Å²) in [7, 11) is 0. The van der Waals surface area contributed by atoms with E-state index >= 15 is 0 Å². The molecule has 0 amide bonds. The second kappa shape index (κ2) is 4.47. The fraction of sp³-hybridized carbons (Fsp3) is 0.364. The number of carbonyl (C=O) groups is 1. The van der Waals surface area contributed by atoms with E-state index in [9.17, 15) is 4.79 Å². The number of alkyl halides is 1. The third kappa shape index (κ3) is 2.74. The zero-order valence-electron chi connectivity index (χ0n) is 8.25. The Morgan fingerprint density at radius 2 is 2.07 bits per heavy atom. The van der Waals surface area contributed by atoms with Gasteiger partial charge in [-0.1, -0.05) is 18.2 Å². The summed E-state index contributed by atoms with van der Waals surface area (Å²) >= 11 is 5.64. The Morgan fingerprint density at radius 1 is 1.43 bits per heavy atom. The molecular weight excluding hydrogens is 200 g/mol. The van der Waals surface area contributed by atoms with Crippen molar-refractivity contribution < 1.29 is 9.90 Å². The molecular formula is C11H13ClO2. The van der Waals surface area contributed by atoms with Crippen molar-refractivity contribution in [3.8, 4) is 0 Å². The van der Waals surface area contributed by atoms with Crippen molar-refractivity contribution in [2.75, 3.05) is 0 Å². The lowest BCUT2D eigenvalue weighted by molar-refractivity contribution is -0.136. The Labute approximate surface area is 88.5 Å². The minimum absolute atomic E-state index is 0.373. The van der Waals surface area contributed by atoms with Gasteiger partial charge in [0, 0.05) is 0 Å². The lowest BCUT2D eigenvalue weighted by Crippen LogP contribution is -2.15. The van der Waals surface area contributed by atoms with E-state index in [0.717, 1.165) is 11.1 Å². The van der Waals surface area contributed by atoms with Crippen LogP contribution >= 0.6 is 11.6 Å². The van der Waals surface area contributed by atoms with E-state index in [-0.39, 0.29) is 0 Å². The van der Waals surface area contributed by atoms with Gasteiger partial charge in [0.2, 0.25) is 0 Å². The monoisotopic (exact) mass is 212 g/mol. The van der Waals surface area contributed by atoms with Gasteiger partial charge < -0.3 is 5.11 Å².